The molecule has 0 amide bonds. The monoisotopic (exact) mass is 427 g/mol. The quantitative estimate of drug-likeness (QED) is 0.548. The Bertz CT molecular complexity index is 822. The molecule has 1 saturated heterocycles. The summed E-state index contributed by atoms with van der Waals surface area (Å²) in [4.78, 5) is 13.9. The summed E-state index contributed by atoms with van der Waals surface area (Å²) in [5, 5.41) is 0. The van der Waals surface area contributed by atoms with Crippen molar-refractivity contribution in [1.29, 1.82) is 0 Å². The van der Waals surface area contributed by atoms with Crippen molar-refractivity contribution in [2.75, 3.05) is 40.0 Å². The van der Waals surface area contributed by atoms with Crippen molar-refractivity contribution in [3.05, 3.63) is 23.8 Å². The third kappa shape index (κ3) is 6.15. The van der Waals surface area contributed by atoms with Gasteiger partial charge in [-0.2, -0.15) is 0 Å². The first-order chi connectivity index (χ1) is 13.8. The first-order valence-electron chi connectivity index (χ1n) is 10.1. The molecule has 1 aromatic rings. The van der Waals surface area contributed by atoms with Crippen LogP contribution in [0.2, 0.25) is 0 Å². The van der Waals surface area contributed by atoms with Gasteiger partial charge in [0.25, 0.3) is 0 Å². The van der Waals surface area contributed by atoms with Crippen LogP contribution in [0.25, 0.3) is 0 Å². The molecule has 1 unspecified atom stereocenters. The fourth-order valence-corrected chi connectivity index (χ4v) is 4.97. The van der Waals surface area contributed by atoms with Gasteiger partial charge in [-0.15, -0.1) is 0 Å². The number of hydrogen-bond acceptors (Lipinski definition) is 6. The Hall–Kier alpha value is -1.68. The minimum absolute atomic E-state index is 0.0416. The number of ether oxygens (including phenoxy) is 3. The number of methoxy groups -OCH3 is 1. The molecule has 0 bridgehead atoms. The number of rotatable bonds is 9. The van der Waals surface area contributed by atoms with E-state index in [4.69, 9.17) is 14.2 Å². The average Bonchev–Trinajstić information content (AvgIpc) is 3.48. The summed E-state index contributed by atoms with van der Waals surface area (Å²) in [7, 11) is -2.36. The lowest BCUT2D eigenvalue weighted by Gasteiger charge is -2.30. The van der Waals surface area contributed by atoms with Crippen LogP contribution >= 0.6 is 0 Å². The Morgan fingerprint density at radius 2 is 2.10 bits per heavy atom. The molecule has 0 spiro atoms. The molecule has 1 heterocycles. The summed E-state index contributed by atoms with van der Waals surface area (Å²) in [5.74, 6) is 0.212. The van der Waals surface area contributed by atoms with Crippen molar-refractivity contribution in [3.8, 4) is 5.75 Å². The first kappa shape index (κ1) is 22.0. The molecule has 9 heteroatoms. The smallest absolute Gasteiger partial charge is 0.338 e. The van der Waals surface area contributed by atoms with E-state index in [1.807, 2.05) is 0 Å². The van der Waals surface area contributed by atoms with E-state index in [0.29, 0.717) is 12.5 Å². The highest BCUT2D eigenvalue weighted by Crippen LogP contribution is 2.28. The number of morpholine rings is 1. The SMILES string of the molecule is COc1ccc(C(=O)OC[C@@H]2C[NH+](CC(C)C)CCO2)cc1S(=O)(=O)NC1CC1. The van der Waals surface area contributed by atoms with Gasteiger partial charge in [0.05, 0.1) is 25.8 Å². The molecule has 2 N–H and O–H groups in total. The van der Waals surface area contributed by atoms with Gasteiger partial charge in [0.1, 0.15) is 36.4 Å². The molecular formula is C20H31N2O6S+. The molecule has 162 valence electrons. The van der Waals surface area contributed by atoms with Crippen molar-refractivity contribution >= 4 is 16.0 Å². The van der Waals surface area contributed by atoms with Crippen LogP contribution in [0.15, 0.2) is 23.1 Å². The number of quaternary nitrogens is 1. The molecular weight excluding hydrogens is 396 g/mol. The highest BCUT2D eigenvalue weighted by atomic mass is 32.2. The van der Waals surface area contributed by atoms with Gasteiger partial charge >= 0.3 is 5.97 Å². The number of hydrogen-bond donors (Lipinski definition) is 2. The van der Waals surface area contributed by atoms with Gasteiger partial charge in [0.15, 0.2) is 0 Å². The third-order valence-corrected chi connectivity index (χ3v) is 6.55. The fraction of sp³-hybridized carbons (Fsp3) is 0.650. The van der Waals surface area contributed by atoms with Crippen LogP contribution in [0.3, 0.4) is 0 Å². The van der Waals surface area contributed by atoms with Crippen LogP contribution in [0.5, 0.6) is 5.75 Å². The van der Waals surface area contributed by atoms with Crippen molar-refractivity contribution in [2.24, 2.45) is 5.92 Å². The standard InChI is InChI=1S/C20H30N2O6S/c1-14(2)11-22-8-9-27-17(12-22)13-28-20(23)15-4-7-18(26-3)19(10-15)29(24,25)21-16-5-6-16/h4,7,10,14,16-17,21H,5-6,8-9,11-13H2,1-3H3/p+1/t17-/m0/s1. The van der Waals surface area contributed by atoms with Crippen LogP contribution in [-0.4, -0.2) is 66.5 Å². The van der Waals surface area contributed by atoms with Crippen LogP contribution in [-0.2, 0) is 19.5 Å². The topological polar surface area (TPSA) is 95.4 Å². The second-order valence-corrected chi connectivity index (χ2v) is 9.84. The molecule has 29 heavy (non-hydrogen) atoms. The summed E-state index contributed by atoms with van der Waals surface area (Å²) >= 11 is 0. The number of carbonyl (C=O) groups is 1. The maximum Gasteiger partial charge on any atom is 0.338 e. The highest BCUT2D eigenvalue weighted by molar-refractivity contribution is 7.89. The van der Waals surface area contributed by atoms with Crippen LogP contribution in [0.4, 0.5) is 0 Å². The Morgan fingerprint density at radius 1 is 1.34 bits per heavy atom. The van der Waals surface area contributed by atoms with Gasteiger partial charge in [0, 0.05) is 12.0 Å². The predicted octanol–water partition coefficient (Wildman–Crippen LogP) is 0.232. The van der Waals surface area contributed by atoms with E-state index in [1.165, 1.54) is 30.2 Å². The molecule has 2 atom stereocenters. The van der Waals surface area contributed by atoms with E-state index >= 15 is 0 Å². The number of benzene rings is 1. The summed E-state index contributed by atoms with van der Waals surface area (Å²) < 4.78 is 44.1. The molecule has 1 aliphatic carbocycles. The summed E-state index contributed by atoms with van der Waals surface area (Å²) in [6, 6.07) is 4.25. The van der Waals surface area contributed by atoms with E-state index in [-0.39, 0.29) is 35.0 Å². The normalized spacial score (nSPS) is 22.5. The fourth-order valence-electron chi connectivity index (χ4n) is 3.47. The molecule has 2 fully saturated rings. The number of carbonyl (C=O) groups excluding carboxylic acids is 1. The van der Waals surface area contributed by atoms with E-state index in [0.717, 1.165) is 32.5 Å². The average molecular weight is 428 g/mol. The van der Waals surface area contributed by atoms with Gasteiger partial charge in [0.2, 0.25) is 10.0 Å². The highest BCUT2D eigenvalue weighted by Gasteiger charge is 2.31. The van der Waals surface area contributed by atoms with E-state index in [2.05, 4.69) is 18.6 Å². The van der Waals surface area contributed by atoms with Crippen LogP contribution in [0, 0.1) is 5.92 Å². The van der Waals surface area contributed by atoms with Gasteiger partial charge in [-0.1, -0.05) is 13.8 Å². The molecule has 8 nitrogen and oxygen atoms in total. The largest absolute Gasteiger partial charge is 0.495 e. The van der Waals surface area contributed by atoms with Gasteiger partial charge in [-0.25, -0.2) is 17.9 Å². The van der Waals surface area contributed by atoms with Crippen molar-refractivity contribution in [2.45, 2.75) is 43.7 Å². The lowest BCUT2D eigenvalue weighted by Crippen LogP contribution is -3.15. The second kappa shape index (κ2) is 9.42. The third-order valence-electron chi connectivity index (χ3n) is 5.01. The van der Waals surface area contributed by atoms with Crippen molar-refractivity contribution < 1.29 is 32.3 Å². The van der Waals surface area contributed by atoms with Gasteiger partial charge < -0.3 is 19.1 Å². The number of nitrogens with one attached hydrogen (secondary N) is 2. The maximum absolute atomic E-state index is 12.6. The van der Waals surface area contributed by atoms with Crippen LogP contribution < -0.4 is 14.4 Å². The zero-order valence-electron chi connectivity index (χ0n) is 17.3. The van der Waals surface area contributed by atoms with Gasteiger partial charge in [-0.05, 0) is 31.0 Å². The van der Waals surface area contributed by atoms with Crippen LogP contribution in [0.1, 0.15) is 37.0 Å². The Kier molecular flexibility index (Phi) is 7.15. The van der Waals surface area contributed by atoms with Gasteiger partial charge in [-0.3, -0.25) is 0 Å². The number of sulfonamides is 1. The van der Waals surface area contributed by atoms with E-state index < -0.39 is 16.0 Å². The zero-order valence-corrected chi connectivity index (χ0v) is 18.1. The second-order valence-electron chi connectivity index (χ2n) is 8.15. The summed E-state index contributed by atoms with van der Waals surface area (Å²) in [5.41, 5.74) is 0.171. The van der Waals surface area contributed by atoms with E-state index in [9.17, 15) is 13.2 Å². The van der Waals surface area contributed by atoms with Crippen molar-refractivity contribution in [1.82, 2.24) is 4.72 Å². The van der Waals surface area contributed by atoms with E-state index in [1.54, 1.807) is 0 Å². The molecule has 3 rings (SSSR count). The maximum atomic E-state index is 12.6. The van der Waals surface area contributed by atoms with Crippen molar-refractivity contribution in [3.63, 3.8) is 0 Å². The molecule has 0 aromatic heterocycles. The molecule has 1 aliphatic heterocycles. The Labute approximate surface area is 172 Å². The molecule has 2 aliphatic rings. The predicted molar refractivity (Wildman–Crippen MR) is 107 cm³/mol. The first-order valence-corrected chi connectivity index (χ1v) is 11.6. The minimum Gasteiger partial charge on any atom is -0.495 e. The summed E-state index contributed by atoms with van der Waals surface area (Å²) in [6.07, 6.45) is 1.49. The summed E-state index contributed by atoms with van der Waals surface area (Å²) in [6.45, 7) is 7.96. The number of esters is 1. The minimum atomic E-state index is -3.76. The molecule has 1 aromatic carbocycles. The Morgan fingerprint density at radius 3 is 2.76 bits per heavy atom. The molecule has 0 radical (unpaired) electrons. The lowest BCUT2D eigenvalue weighted by atomic mass is 10.2. The lowest BCUT2D eigenvalue weighted by molar-refractivity contribution is -0.914. The zero-order chi connectivity index (χ0) is 21.0. The Balaban J connectivity index is 1.64. The molecule has 1 saturated carbocycles.